The van der Waals surface area contributed by atoms with Gasteiger partial charge >= 0.3 is 0 Å². The minimum absolute atomic E-state index is 0.610. The minimum atomic E-state index is 0.610. The maximum atomic E-state index is 8.78. The lowest BCUT2D eigenvalue weighted by Crippen LogP contribution is -1.89. The summed E-state index contributed by atoms with van der Waals surface area (Å²) in [6, 6.07) is 4.12. The molecule has 0 unspecified atom stereocenters. The molecule has 1 aromatic heterocycles. The number of nitriles is 1. The van der Waals surface area contributed by atoms with Crippen LogP contribution in [-0.2, 0) is 0 Å². The van der Waals surface area contributed by atoms with Gasteiger partial charge in [-0.2, -0.15) is 5.26 Å². The number of hydrogen-bond acceptors (Lipinski definition) is 2. The van der Waals surface area contributed by atoms with Gasteiger partial charge in [-0.15, -0.1) is 0 Å². The lowest BCUT2D eigenvalue weighted by atomic mass is 10.1. The van der Waals surface area contributed by atoms with Crippen molar-refractivity contribution < 1.29 is 0 Å². The first kappa shape index (κ1) is 7.75. The minimum Gasteiger partial charge on any atom is -0.248 e. The molecule has 0 amide bonds. The Kier molecular flexibility index (Phi) is 1.86. The maximum Gasteiger partial charge on any atom is 0.106 e. The fraction of sp³-hybridized carbons (Fsp3) is 0.333. The molecule has 0 radical (unpaired) electrons. The number of hydrogen-bond donors (Lipinski definition) is 0. The quantitative estimate of drug-likeness (QED) is 0.686. The molecule has 0 aromatic carbocycles. The van der Waals surface area contributed by atoms with Crippen molar-refractivity contribution in [3.8, 4) is 6.07 Å². The lowest BCUT2D eigenvalue weighted by Gasteiger charge is -2.00. The molecule has 3 heteroatoms. The summed E-state index contributed by atoms with van der Waals surface area (Å²) in [7, 11) is 0. The van der Waals surface area contributed by atoms with Crippen LogP contribution in [0.3, 0.4) is 0 Å². The van der Waals surface area contributed by atoms with Crippen molar-refractivity contribution in [1.29, 1.82) is 5.26 Å². The summed E-state index contributed by atoms with van der Waals surface area (Å²) in [6.45, 7) is 0. The average Bonchev–Trinajstić information content (AvgIpc) is 2.87. The van der Waals surface area contributed by atoms with Crippen LogP contribution in [0.4, 0.5) is 0 Å². The summed E-state index contributed by atoms with van der Waals surface area (Å²) in [6.07, 6.45) is 4.06. The molecule has 1 aliphatic rings. The molecule has 1 heterocycles. The number of rotatable bonds is 1. The van der Waals surface area contributed by atoms with Gasteiger partial charge in [0.1, 0.15) is 10.7 Å². The van der Waals surface area contributed by atoms with E-state index in [1.54, 1.807) is 6.20 Å². The van der Waals surface area contributed by atoms with Crippen LogP contribution in [0.1, 0.15) is 29.9 Å². The van der Waals surface area contributed by atoms with Crippen molar-refractivity contribution >= 4 is 15.9 Å². The second kappa shape index (κ2) is 2.87. The molecule has 1 aromatic rings. The van der Waals surface area contributed by atoms with Crippen molar-refractivity contribution in [2.45, 2.75) is 18.8 Å². The van der Waals surface area contributed by atoms with Gasteiger partial charge in [0.2, 0.25) is 0 Å². The highest BCUT2D eigenvalue weighted by Crippen LogP contribution is 2.41. The lowest BCUT2D eigenvalue weighted by molar-refractivity contribution is 1.08. The summed E-state index contributed by atoms with van der Waals surface area (Å²) in [5.74, 6) is 0.610. The van der Waals surface area contributed by atoms with Gasteiger partial charge in [0.25, 0.3) is 0 Å². The number of pyridine rings is 1. The Morgan fingerprint density at radius 1 is 1.58 bits per heavy atom. The van der Waals surface area contributed by atoms with E-state index in [1.807, 2.05) is 6.07 Å². The van der Waals surface area contributed by atoms with Crippen LogP contribution in [-0.4, -0.2) is 4.98 Å². The topological polar surface area (TPSA) is 36.7 Å². The first-order chi connectivity index (χ1) is 5.81. The molecule has 1 aliphatic carbocycles. The molecule has 2 nitrogen and oxygen atoms in total. The molecule has 12 heavy (non-hydrogen) atoms. The number of nitrogens with zero attached hydrogens (tertiary/aromatic N) is 2. The van der Waals surface area contributed by atoms with Crippen LogP contribution in [0.15, 0.2) is 16.9 Å². The number of halogens is 1. The van der Waals surface area contributed by atoms with Crippen LogP contribution < -0.4 is 0 Å². The van der Waals surface area contributed by atoms with Crippen molar-refractivity contribution in [3.63, 3.8) is 0 Å². The fourth-order valence-electron chi connectivity index (χ4n) is 1.27. The summed E-state index contributed by atoms with van der Waals surface area (Å²) in [5, 5.41) is 8.78. The van der Waals surface area contributed by atoms with Crippen LogP contribution in [0.5, 0.6) is 0 Å². The molecule has 0 spiro atoms. The fourth-order valence-corrected chi connectivity index (χ4v) is 1.62. The summed E-state index contributed by atoms with van der Waals surface area (Å²) in [4.78, 5) is 4.01. The van der Waals surface area contributed by atoms with E-state index in [0.29, 0.717) is 5.92 Å². The van der Waals surface area contributed by atoms with Gasteiger partial charge in [-0.25, -0.2) is 4.98 Å². The zero-order valence-corrected chi connectivity index (χ0v) is 8.00. The molecular weight excluding hydrogens is 216 g/mol. The molecule has 0 N–H and O–H groups in total. The SMILES string of the molecule is N#Cc1cnc(Br)cc1C1CC1. The summed E-state index contributed by atoms with van der Waals surface area (Å²) >= 11 is 3.30. The van der Waals surface area contributed by atoms with E-state index >= 15 is 0 Å². The van der Waals surface area contributed by atoms with Gasteiger partial charge in [0, 0.05) is 6.20 Å². The van der Waals surface area contributed by atoms with Crippen molar-refractivity contribution in [2.24, 2.45) is 0 Å². The first-order valence-corrected chi connectivity index (χ1v) is 4.66. The Labute approximate surface area is 79.4 Å². The van der Waals surface area contributed by atoms with Crippen LogP contribution in [0.2, 0.25) is 0 Å². The summed E-state index contributed by atoms with van der Waals surface area (Å²) in [5.41, 5.74) is 1.88. The summed E-state index contributed by atoms with van der Waals surface area (Å²) < 4.78 is 0.823. The highest BCUT2D eigenvalue weighted by atomic mass is 79.9. The second-order valence-corrected chi connectivity index (χ2v) is 3.79. The molecule has 1 saturated carbocycles. The monoisotopic (exact) mass is 222 g/mol. The van der Waals surface area contributed by atoms with Gasteiger partial charge < -0.3 is 0 Å². The maximum absolute atomic E-state index is 8.78. The predicted octanol–water partition coefficient (Wildman–Crippen LogP) is 2.59. The molecule has 60 valence electrons. The van der Waals surface area contributed by atoms with E-state index in [2.05, 4.69) is 27.0 Å². The van der Waals surface area contributed by atoms with Crippen LogP contribution >= 0.6 is 15.9 Å². The van der Waals surface area contributed by atoms with E-state index < -0.39 is 0 Å². The number of aromatic nitrogens is 1. The first-order valence-electron chi connectivity index (χ1n) is 3.87. The molecule has 1 fully saturated rings. The average molecular weight is 223 g/mol. The third-order valence-corrected chi connectivity index (χ3v) is 2.47. The van der Waals surface area contributed by atoms with E-state index in [-0.39, 0.29) is 0 Å². The molecule has 0 aliphatic heterocycles. The van der Waals surface area contributed by atoms with Gasteiger partial charge in [-0.05, 0) is 46.3 Å². The van der Waals surface area contributed by atoms with E-state index in [9.17, 15) is 0 Å². The molecule has 2 rings (SSSR count). The highest BCUT2D eigenvalue weighted by molar-refractivity contribution is 9.10. The Bertz CT molecular complexity index is 350. The zero-order valence-electron chi connectivity index (χ0n) is 6.42. The predicted molar refractivity (Wildman–Crippen MR) is 48.6 cm³/mol. The third-order valence-electron chi connectivity index (χ3n) is 2.04. The zero-order chi connectivity index (χ0) is 8.55. The molecule has 0 saturated heterocycles. The normalized spacial score (nSPS) is 15.7. The van der Waals surface area contributed by atoms with E-state index in [0.717, 1.165) is 15.7 Å². The van der Waals surface area contributed by atoms with Crippen LogP contribution in [0, 0.1) is 11.3 Å². The van der Waals surface area contributed by atoms with Crippen LogP contribution in [0.25, 0.3) is 0 Å². The van der Waals surface area contributed by atoms with Gasteiger partial charge in [-0.3, -0.25) is 0 Å². The Balaban J connectivity index is 2.48. The van der Waals surface area contributed by atoms with E-state index in [1.165, 1.54) is 12.8 Å². The molecule has 0 bridgehead atoms. The molecular formula is C9H7BrN2. The second-order valence-electron chi connectivity index (χ2n) is 2.98. The largest absolute Gasteiger partial charge is 0.248 e. The van der Waals surface area contributed by atoms with Crippen molar-refractivity contribution in [1.82, 2.24) is 4.98 Å². The van der Waals surface area contributed by atoms with Crippen molar-refractivity contribution in [3.05, 3.63) is 28.0 Å². The molecule has 0 atom stereocenters. The Hall–Kier alpha value is -0.880. The van der Waals surface area contributed by atoms with Gasteiger partial charge in [0.05, 0.1) is 5.56 Å². The Morgan fingerprint density at radius 3 is 2.92 bits per heavy atom. The van der Waals surface area contributed by atoms with Crippen molar-refractivity contribution in [2.75, 3.05) is 0 Å². The Morgan fingerprint density at radius 2 is 2.33 bits per heavy atom. The standard InChI is InChI=1S/C9H7BrN2/c10-9-3-8(6-1-2-6)7(4-11)5-12-9/h3,5-6H,1-2H2. The smallest absolute Gasteiger partial charge is 0.106 e. The third kappa shape index (κ3) is 1.35. The van der Waals surface area contributed by atoms with Gasteiger partial charge in [0.15, 0.2) is 0 Å². The van der Waals surface area contributed by atoms with E-state index in [4.69, 9.17) is 5.26 Å². The highest BCUT2D eigenvalue weighted by Gasteiger charge is 2.26. The van der Waals surface area contributed by atoms with Gasteiger partial charge in [-0.1, -0.05) is 0 Å².